The fourth-order valence-corrected chi connectivity index (χ4v) is 1.68. The molecule has 0 saturated heterocycles. The lowest BCUT2D eigenvalue weighted by Gasteiger charge is -2.04. The van der Waals surface area contributed by atoms with Gasteiger partial charge in [0.1, 0.15) is 5.82 Å². The Morgan fingerprint density at radius 2 is 2.27 bits per heavy atom. The summed E-state index contributed by atoms with van der Waals surface area (Å²) in [6.07, 6.45) is 1.94. The Labute approximate surface area is 92.8 Å². The summed E-state index contributed by atoms with van der Waals surface area (Å²) in [5, 5.41) is 0.914. The Balaban J connectivity index is 2.45. The van der Waals surface area contributed by atoms with Crippen molar-refractivity contribution < 1.29 is 4.39 Å². The zero-order valence-electron chi connectivity index (χ0n) is 8.37. The van der Waals surface area contributed by atoms with Crippen LogP contribution in [0.1, 0.15) is 6.92 Å². The molecule has 1 heterocycles. The number of rotatable bonds is 2. The van der Waals surface area contributed by atoms with Crippen molar-refractivity contribution >= 4 is 22.5 Å². The third-order valence-corrected chi connectivity index (χ3v) is 2.71. The van der Waals surface area contributed by atoms with Crippen LogP contribution in [-0.2, 0) is 6.54 Å². The number of hydrogen-bond acceptors (Lipinski definition) is 0. The second-order valence-corrected chi connectivity index (χ2v) is 3.82. The van der Waals surface area contributed by atoms with Crippen molar-refractivity contribution in [2.45, 2.75) is 13.5 Å². The standard InChI is InChI=1S/C12H11ClFN/c1-9(7-13)8-15-5-4-10-6-11(14)2-3-12(10)15/h2-7H,8H2,1H3/b9-7-. The normalized spacial score (nSPS) is 12.3. The summed E-state index contributed by atoms with van der Waals surface area (Å²) in [5.74, 6) is -0.204. The zero-order valence-corrected chi connectivity index (χ0v) is 9.13. The van der Waals surface area contributed by atoms with E-state index in [0.29, 0.717) is 0 Å². The van der Waals surface area contributed by atoms with Gasteiger partial charge in [-0.15, -0.1) is 0 Å². The molecule has 78 valence electrons. The van der Waals surface area contributed by atoms with E-state index in [0.717, 1.165) is 23.0 Å². The van der Waals surface area contributed by atoms with E-state index < -0.39 is 0 Å². The van der Waals surface area contributed by atoms with Crippen molar-refractivity contribution in [2.24, 2.45) is 0 Å². The molecule has 15 heavy (non-hydrogen) atoms. The minimum absolute atomic E-state index is 0.204. The van der Waals surface area contributed by atoms with E-state index in [1.165, 1.54) is 12.1 Å². The van der Waals surface area contributed by atoms with Crippen LogP contribution in [0.4, 0.5) is 4.39 Å². The maximum atomic E-state index is 12.9. The third-order valence-electron chi connectivity index (χ3n) is 2.34. The molecule has 1 nitrogen and oxygen atoms in total. The zero-order chi connectivity index (χ0) is 10.8. The molecular formula is C12H11ClFN. The molecule has 0 spiro atoms. The van der Waals surface area contributed by atoms with Gasteiger partial charge < -0.3 is 4.57 Å². The highest BCUT2D eigenvalue weighted by Gasteiger charge is 2.02. The SMILES string of the molecule is C/C(=C/Cl)Cn1ccc2cc(F)ccc21. The summed E-state index contributed by atoms with van der Waals surface area (Å²) < 4.78 is 15.0. The summed E-state index contributed by atoms with van der Waals surface area (Å²) in [4.78, 5) is 0. The lowest BCUT2D eigenvalue weighted by Crippen LogP contribution is -1.96. The molecule has 3 heteroatoms. The van der Waals surface area contributed by atoms with E-state index in [-0.39, 0.29) is 5.82 Å². The van der Waals surface area contributed by atoms with E-state index in [1.54, 1.807) is 11.6 Å². The van der Waals surface area contributed by atoms with Gasteiger partial charge in [-0.2, -0.15) is 0 Å². The minimum atomic E-state index is -0.204. The molecule has 0 saturated carbocycles. The smallest absolute Gasteiger partial charge is 0.123 e. The van der Waals surface area contributed by atoms with Gasteiger partial charge in [0.15, 0.2) is 0 Å². The van der Waals surface area contributed by atoms with Crippen molar-refractivity contribution in [3.63, 3.8) is 0 Å². The van der Waals surface area contributed by atoms with Crippen LogP contribution in [0, 0.1) is 5.82 Å². The first-order valence-corrected chi connectivity index (χ1v) is 5.14. The van der Waals surface area contributed by atoms with Crippen molar-refractivity contribution in [2.75, 3.05) is 0 Å². The molecule has 1 aromatic carbocycles. The average Bonchev–Trinajstić information content (AvgIpc) is 2.60. The van der Waals surface area contributed by atoms with E-state index >= 15 is 0 Å². The molecular weight excluding hydrogens is 213 g/mol. The summed E-state index contributed by atoms with van der Waals surface area (Å²) >= 11 is 5.61. The number of halogens is 2. The Kier molecular flexibility index (Phi) is 2.78. The first-order valence-electron chi connectivity index (χ1n) is 4.71. The molecule has 0 N–H and O–H groups in total. The molecule has 0 bridgehead atoms. The van der Waals surface area contributed by atoms with Gasteiger partial charge in [-0.1, -0.05) is 11.6 Å². The highest BCUT2D eigenvalue weighted by atomic mass is 35.5. The molecule has 0 aliphatic rings. The van der Waals surface area contributed by atoms with Crippen LogP contribution in [-0.4, -0.2) is 4.57 Å². The van der Waals surface area contributed by atoms with Crippen molar-refractivity contribution in [1.82, 2.24) is 4.57 Å². The fourth-order valence-electron chi connectivity index (χ4n) is 1.61. The summed E-state index contributed by atoms with van der Waals surface area (Å²) in [6.45, 7) is 2.70. The molecule has 0 radical (unpaired) electrons. The lowest BCUT2D eigenvalue weighted by atomic mass is 10.2. The predicted molar refractivity (Wildman–Crippen MR) is 61.5 cm³/mol. The number of nitrogens with zero attached hydrogens (tertiary/aromatic N) is 1. The maximum Gasteiger partial charge on any atom is 0.123 e. The van der Waals surface area contributed by atoms with Gasteiger partial charge in [0.25, 0.3) is 0 Å². The maximum absolute atomic E-state index is 12.9. The quantitative estimate of drug-likeness (QED) is 0.727. The minimum Gasteiger partial charge on any atom is -0.343 e. The number of aromatic nitrogens is 1. The molecule has 0 aliphatic heterocycles. The molecule has 1 aromatic heterocycles. The van der Waals surface area contributed by atoms with Crippen LogP contribution in [0.5, 0.6) is 0 Å². The monoisotopic (exact) mass is 223 g/mol. The van der Waals surface area contributed by atoms with Crippen molar-refractivity contribution in [3.05, 3.63) is 47.4 Å². The summed E-state index contributed by atoms with van der Waals surface area (Å²) in [5.41, 5.74) is 3.66. The van der Waals surface area contributed by atoms with Gasteiger partial charge >= 0.3 is 0 Å². The first kappa shape index (κ1) is 10.2. The third kappa shape index (κ3) is 2.05. The second kappa shape index (κ2) is 4.07. The van der Waals surface area contributed by atoms with Gasteiger partial charge in [0.05, 0.1) is 0 Å². The van der Waals surface area contributed by atoms with Gasteiger partial charge in [-0.3, -0.25) is 0 Å². The molecule has 2 aromatic rings. The summed E-state index contributed by atoms with van der Waals surface area (Å²) in [7, 11) is 0. The average molecular weight is 224 g/mol. The largest absolute Gasteiger partial charge is 0.343 e. The molecule has 0 aliphatic carbocycles. The number of allylic oxidation sites excluding steroid dienone is 1. The van der Waals surface area contributed by atoms with Crippen LogP contribution < -0.4 is 0 Å². The van der Waals surface area contributed by atoms with Gasteiger partial charge in [-0.05, 0) is 36.8 Å². The number of hydrogen-bond donors (Lipinski definition) is 0. The highest BCUT2D eigenvalue weighted by molar-refractivity contribution is 6.25. The van der Waals surface area contributed by atoms with Crippen LogP contribution in [0.3, 0.4) is 0 Å². The van der Waals surface area contributed by atoms with Gasteiger partial charge in [0.2, 0.25) is 0 Å². The topological polar surface area (TPSA) is 4.93 Å². The van der Waals surface area contributed by atoms with Crippen LogP contribution in [0.25, 0.3) is 10.9 Å². The molecule has 0 fully saturated rings. The van der Waals surface area contributed by atoms with Gasteiger partial charge in [-0.25, -0.2) is 4.39 Å². The van der Waals surface area contributed by atoms with Crippen LogP contribution >= 0.6 is 11.6 Å². The van der Waals surface area contributed by atoms with Crippen molar-refractivity contribution in [3.8, 4) is 0 Å². The van der Waals surface area contributed by atoms with Crippen LogP contribution in [0.2, 0.25) is 0 Å². The highest BCUT2D eigenvalue weighted by Crippen LogP contribution is 2.18. The second-order valence-electron chi connectivity index (χ2n) is 3.60. The van der Waals surface area contributed by atoms with Crippen molar-refractivity contribution in [1.29, 1.82) is 0 Å². The molecule has 2 rings (SSSR count). The Morgan fingerprint density at radius 1 is 1.47 bits per heavy atom. The van der Waals surface area contributed by atoms with E-state index in [9.17, 15) is 4.39 Å². The Hall–Kier alpha value is -1.28. The van der Waals surface area contributed by atoms with E-state index in [1.807, 2.05) is 23.8 Å². The predicted octanol–water partition coefficient (Wildman–Crippen LogP) is 3.92. The lowest BCUT2D eigenvalue weighted by molar-refractivity contribution is 0.629. The van der Waals surface area contributed by atoms with E-state index in [2.05, 4.69) is 0 Å². The number of fused-ring (bicyclic) bond motifs is 1. The van der Waals surface area contributed by atoms with Crippen LogP contribution in [0.15, 0.2) is 41.6 Å². The summed E-state index contributed by atoms with van der Waals surface area (Å²) in [6, 6.07) is 6.69. The Morgan fingerprint density at radius 3 is 3.00 bits per heavy atom. The van der Waals surface area contributed by atoms with E-state index in [4.69, 9.17) is 11.6 Å². The molecule has 0 atom stereocenters. The fraction of sp³-hybridized carbons (Fsp3) is 0.167. The Bertz CT molecular complexity index is 513. The first-order chi connectivity index (χ1) is 7.20. The van der Waals surface area contributed by atoms with Gasteiger partial charge in [0, 0.05) is 29.2 Å². The number of benzene rings is 1. The molecule has 0 amide bonds. The molecule has 0 unspecified atom stereocenters.